The van der Waals surface area contributed by atoms with Gasteiger partial charge in [0, 0.05) is 31.8 Å². The fourth-order valence-electron chi connectivity index (χ4n) is 7.96. The monoisotopic (exact) mass is 664 g/mol. The second-order valence-corrected chi connectivity index (χ2v) is 16.1. The molecule has 12 nitrogen and oxygen atoms in total. The van der Waals surface area contributed by atoms with Crippen molar-refractivity contribution in [3.05, 3.63) is 23.8 Å². The smallest absolute Gasteiger partial charge is 0.259 e. The summed E-state index contributed by atoms with van der Waals surface area (Å²) in [6.45, 7) is 1.77. The number of amides is 2. The molecule has 0 bridgehead atoms. The molecule has 5 heterocycles. The highest BCUT2D eigenvalue weighted by molar-refractivity contribution is 7.91. The Kier molecular flexibility index (Phi) is 9.55. The Balaban J connectivity index is 1.21. The molecule has 2 aromatic rings. The third kappa shape index (κ3) is 6.59. The van der Waals surface area contributed by atoms with Crippen molar-refractivity contribution in [3.63, 3.8) is 0 Å². The molecule has 1 aliphatic carbocycles. The van der Waals surface area contributed by atoms with Crippen LogP contribution in [0.2, 0.25) is 0 Å². The predicted octanol–water partition coefficient (Wildman–Crippen LogP) is 2.09. The number of alkyl halides is 1. The molecule has 15 heteroatoms. The number of hydrogen-bond acceptors (Lipinski definition) is 9. The van der Waals surface area contributed by atoms with Crippen molar-refractivity contribution in [3.8, 4) is 0 Å². The average molecular weight is 665 g/mol. The summed E-state index contributed by atoms with van der Waals surface area (Å²) in [6.07, 6.45) is 12.0. The van der Waals surface area contributed by atoms with E-state index in [-0.39, 0.29) is 41.9 Å². The first-order valence-corrected chi connectivity index (χ1v) is 18.6. The van der Waals surface area contributed by atoms with Gasteiger partial charge in [-0.2, -0.15) is 0 Å². The summed E-state index contributed by atoms with van der Waals surface area (Å²) in [5.74, 6) is -1.57. The van der Waals surface area contributed by atoms with E-state index >= 15 is 4.39 Å². The Hall–Kier alpha value is -2.91. The lowest BCUT2D eigenvalue weighted by atomic mass is 9.73. The fourth-order valence-corrected chi connectivity index (χ4v) is 8.86. The van der Waals surface area contributed by atoms with Crippen LogP contribution in [0.3, 0.4) is 0 Å². The van der Waals surface area contributed by atoms with Gasteiger partial charge in [0.15, 0.2) is 27.1 Å². The molecule has 6 rings (SSSR count). The van der Waals surface area contributed by atoms with Gasteiger partial charge in [0.1, 0.15) is 11.7 Å². The van der Waals surface area contributed by atoms with E-state index < -0.39 is 50.6 Å². The van der Waals surface area contributed by atoms with E-state index in [1.807, 2.05) is 0 Å². The van der Waals surface area contributed by atoms with E-state index in [1.54, 1.807) is 4.90 Å². The van der Waals surface area contributed by atoms with Crippen LogP contribution in [0.25, 0.3) is 5.65 Å². The summed E-state index contributed by atoms with van der Waals surface area (Å²) in [4.78, 5) is 34.6. The topological polar surface area (TPSA) is 155 Å². The summed E-state index contributed by atoms with van der Waals surface area (Å²) in [6, 6.07) is -1.26. The number of nitrogen functional groups attached to an aromatic ring is 1. The number of hydrogen-bond donors (Lipinski definition) is 3. The molecular formula is C31H46F2N8O4S. The quantitative estimate of drug-likeness (QED) is 0.436. The number of carbonyl (C=O) groups excluding carboxylic acids is 2. The Morgan fingerprint density at radius 2 is 1.70 bits per heavy atom. The van der Waals surface area contributed by atoms with Crippen molar-refractivity contribution < 1.29 is 26.8 Å². The van der Waals surface area contributed by atoms with Crippen LogP contribution in [0.5, 0.6) is 0 Å². The number of sulfone groups is 1. The van der Waals surface area contributed by atoms with Crippen molar-refractivity contribution in [2.45, 2.75) is 99.7 Å². The van der Waals surface area contributed by atoms with Crippen LogP contribution >= 0.6 is 0 Å². The van der Waals surface area contributed by atoms with Gasteiger partial charge >= 0.3 is 0 Å². The number of nitrogens with one attached hydrogen (secondary N) is 2. The van der Waals surface area contributed by atoms with E-state index in [4.69, 9.17) is 5.73 Å². The maximum absolute atomic E-state index is 17.3. The largest absolute Gasteiger partial charge is 0.381 e. The third-order valence-electron chi connectivity index (χ3n) is 10.7. The zero-order chi connectivity index (χ0) is 32.6. The predicted molar refractivity (Wildman–Crippen MR) is 169 cm³/mol. The number of likely N-dealkylation sites (tertiary alicyclic amines) is 2. The van der Waals surface area contributed by atoms with Crippen LogP contribution < -0.4 is 16.4 Å². The molecule has 2 amide bonds. The Labute approximate surface area is 268 Å². The molecular weight excluding hydrogens is 618 g/mol. The minimum atomic E-state index is -3.18. The number of carbonyl (C=O) groups is 2. The molecule has 0 radical (unpaired) electrons. The van der Waals surface area contributed by atoms with Crippen LogP contribution in [0, 0.1) is 11.7 Å². The second kappa shape index (κ2) is 13.3. The number of nitrogens with two attached hydrogens (primary N) is 1. The molecule has 3 aliphatic heterocycles. The number of fused-ring (bicyclic) bond motifs is 1. The molecule has 3 saturated heterocycles. The van der Waals surface area contributed by atoms with Crippen molar-refractivity contribution in [1.29, 1.82) is 0 Å². The van der Waals surface area contributed by atoms with Gasteiger partial charge in [0.25, 0.3) is 5.91 Å². The van der Waals surface area contributed by atoms with Gasteiger partial charge in [-0.3, -0.25) is 14.5 Å². The molecule has 0 aromatic carbocycles. The van der Waals surface area contributed by atoms with E-state index in [9.17, 15) is 22.4 Å². The Morgan fingerprint density at radius 3 is 2.33 bits per heavy atom. The Bertz CT molecular complexity index is 1530. The van der Waals surface area contributed by atoms with Gasteiger partial charge in [-0.25, -0.2) is 26.7 Å². The third-order valence-corrected chi connectivity index (χ3v) is 12.2. The highest BCUT2D eigenvalue weighted by Crippen LogP contribution is 2.38. The molecule has 46 heavy (non-hydrogen) atoms. The normalized spacial score (nSPS) is 27.4. The summed E-state index contributed by atoms with van der Waals surface area (Å²) < 4.78 is 55.8. The maximum atomic E-state index is 17.3. The lowest BCUT2D eigenvalue weighted by Gasteiger charge is -2.53. The van der Waals surface area contributed by atoms with Gasteiger partial charge in [0.05, 0.1) is 35.3 Å². The van der Waals surface area contributed by atoms with Gasteiger partial charge in [0.2, 0.25) is 5.91 Å². The van der Waals surface area contributed by atoms with Crippen LogP contribution in [0.4, 0.5) is 14.6 Å². The second-order valence-electron chi connectivity index (χ2n) is 13.8. The van der Waals surface area contributed by atoms with Gasteiger partial charge in [-0.1, -0.05) is 44.9 Å². The average Bonchev–Trinajstić information content (AvgIpc) is 3.31. The van der Waals surface area contributed by atoms with Gasteiger partial charge < -0.3 is 21.3 Å². The number of nitrogens with zero attached hydrogens (tertiary/aromatic N) is 5. The minimum Gasteiger partial charge on any atom is -0.381 e. The molecule has 4 N–H and O–H groups in total. The first-order chi connectivity index (χ1) is 22.0. The summed E-state index contributed by atoms with van der Waals surface area (Å²) >= 11 is 0. The van der Waals surface area contributed by atoms with Crippen LogP contribution in [-0.4, -0.2) is 113 Å². The minimum absolute atomic E-state index is 0.0133. The number of rotatable bonds is 5. The summed E-state index contributed by atoms with van der Waals surface area (Å²) in [5, 5.41) is 10.1. The van der Waals surface area contributed by atoms with E-state index in [1.165, 1.54) is 12.7 Å². The molecule has 4 fully saturated rings. The fraction of sp³-hybridized carbons (Fsp3) is 0.742. The molecule has 1 saturated carbocycles. The maximum Gasteiger partial charge on any atom is 0.259 e. The van der Waals surface area contributed by atoms with Crippen molar-refractivity contribution in [2.24, 2.45) is 5.92 Å². The number of aromatic nitrogens is 3. The van der Waals surface area contributed by atoms with Crippen molar-refractivity contribution in [2.75, 3.05) is 44.7 Å². The number of piperidine rings is 2. The molecule has 4 aliphatic rings. The van der Waals surface area contributed by atoms with Crippen molar-refractivity contribution in [1.82, 2.24) is 35.0 Å². The molecule has 3 unspecified atom stereocenters. The Morgan fingerprint density at radius 1 is 1.07 bits per heavy atom. The molecule has 1 spiro atoms. The molecule has 2 aromatic heterocycles. The molecule has 3 atom stereocenters. The molecule has 254 valence electrons. The summed E-state index contributed by atoms with van der Waals surface area (Å²) in [7, 11) is -3.18. The lowest BCUT2D eigenvalue weighted by Crippen LogP contribution is -2.73. The highest BCUT2D eigenvalue weighted by atomic mass is 32.2. The summed E-state index contributed by atoms with van der Waals surface area (Å²) in [5.41, 5.74) is 5.49. The van der Waals surface area contributed by atoms with Crippen LogP contribution in [-0.2, 0) is 14.6 Å². The van der Waals surface area contributed by atoms with E-state index in [0.29, 0.717) is 45.3 Å². The van der Waals surface area contributed by atoms with Gasteiger partial charge in [-0.05, 0) is 38.8 Å². The first-order valence-electron chi connectivity index (χ1n) is 16.7. The zero-order valence-electron chi connectivity index (χ0n) is 26.5. The van der Waals surface area contributed by atoms with Gasteiger partial charge in [-0.15, -0.1) is 5.10 Å². The lowest BCUT2D eigenvalue weighted by molar-refractivity contribution is -0.141. The SMILES string of the molecule is CS(=O)(=O)C1CN(C(=O)C2CCN(C3C(NC(=O)c4c(N)nn5cc(F)cnc45)CNC4(CCCCCCCCC4)C3F)CC2)C1. The highest BCUT2D eigenvalue weighted by Gasteiger charge is 2.52. The van der Waals surface area contributed by atoms with Crippen molar-refractivity contribution >= 4 is 33.1 Å². The first kappa shape index (κ1) is 33.0. The standard InChI is InChI=1S/C31H46F2N8O4S/c1-46(44,45)22-18-40(19-22)30(43)20-9-13-39(14-10-20)25-23(16-36-31(26(25)33)11-7-5-3-2-4-6-8-12-31)37-29(42)24-27(34)38-41-17-21(32)15-35-28(24)41/h15,17,20,22-23,25-26,36H,2-14,16,18-19H2,1H3,(H2,34,38)(H,37,42). The van der Waals surface area contributed by atoms with E-state index in [0.717, 1.165) is 55.4 Å². The number of anilines is 1. The number of halogens is 2. The van der Waals surface area contributed by atoms with Crippen LogP contribution in [0.15, 0.2) is 12.4 Å². The van der Waals surface area contributed by atoms with Crippen LogP contribution in [0.1, 0.15) is 81.0 Å². The van der Waals surface area contributed by atoms with E-state index in [2.05, 4.69) is 25.6 Å². The zero-order valence-corrected chi connectivity index (χ0v) is 27.3.